The van der Waals surface area contributed by atoms with Gasteiger partial charge >= 0.3 is 0 Å². The number of nitrogens with zero attached hydrogens (tertiary/aromatic N) is 1. The van der Waals surface area contributed by atoms with Gasteiger partial charge in [-0.1, -0.05) is 13.3 Å². The fourth-order valence-electron chi connectivity index (χ4n) is 1.35. The largest absolute Gasteiger partial charge is 0.381 e. The number of carbonyl (C=O) groups is 1. The lowest BCUT2D eigenvalue weighted by atomic mass is 10.3. The number of hydrogen-bond acceptors (Lipinski definition) is 3. The highest BCUT2D eigenvalue weighted by Crippen LogP contribution is 1.97. The van der Waals surface area contributed by atoms with Crippen molar-refractivity contribution in [3.05, 3.63) is 17.5 Å². The maximum atomic E-state index is 11.6. The SMILES string of the molecule is CCCCOCCCNC(=O)c1cc(C)[nH]n1. The van der Waals surface area contributed by atoms with Crippen LogP contribution in [0.25, 0.3) is 0 Å². The number of nitrogens with one attached hydrogen (secondary N) is 2. The second kappa shape index (κ2) is 7.84. The van der Waals surface area contributed by atoms with Crippen LogP contribution >= 0.6 is 0 Å². The number of aryl methyl sites for hydroxylation is 1. The minimum absolute atomic E-state index is 0.136. The third-order valence-electron chi connectivity index (χ3n) is 2.33. The molecule has 0 fully saturated rings. The van der Waals surface area contributed by atoms with Gasteiger partial charge in [0, 0.05) is 25.5 Å². The molecule has 1 rings (SSSR count). The number of H-pyrrole nitrogens is 1. The minimum Gasteiger partial charge on any atom is -0.381 e. The molecule has 0 aromatic carbocycles. The molecular weight excluding hydrogens is 218 g/mol. The van der Waals surface area contributed by atoms with Crippen LogP contribution in [0, 0.1) is 6.92 Å². The molecule has 0 aliphatic heterocycles. The topological polar surface area (TPSA) is 67.0 Å². The Bertz CT molecular complexity index is 336. The molecule has 5 heteroatoms. The maximum Gasteiger partial charge on any atom is 0.271 e. The smallest absolute Gasteiger partial charge is 0.271 e. The Hall–Kier alpha value is -1.36. The number of ether oxygens (including phenoxy) is 1. The summed E-state index contributed by atoms with van der Waals surface area (Å²) in [5.41, 5.74) is 1.33. The van der Waals surface area contributed by atoms with Crippen molar-refractivity contribution in [3.63, 3.8) is 0 Å². The molecule has 96 valence electrons. The van der Waals surface area contributed by atoms with Crippen molar-refractivity contribution < 1.29 is 9.53 Å². The van der Waals surface area contributed by atoms with E-state index in [4.69, 9.17) is 4.74 Å². The molecule has 1 aromatic rings. The van der Waals surface area contributed by atoms with E-state index in [9.17, 15) is 4.79 Å². The molecule has 0 aliphatic rings. The summed E-state index contributed by atoms with van der Waals surface area (Å²) >= 11 is 0. The van der Waals surface area contributed by atoms with E-state index in [2.05, 4.69) is 22.4 Å². The van der Waals surface area contributed by atoms with Gasteiger partial charge in [0.1, 0.15) is 5.69 Å². The molecule has 5 nitrogen and oxygen atoms in total. The van der Waals surface area contributed by atoms with E-state index >= 15 is 0 Å². The molecule has 0 saturated carbocycles. The third-order valence-corrected chi connectivity index (χ3v) is 2.33. The first-order valence-electron chi connectivity index (χ1n) is 6.12. The lowest BCUT2D eigenvalue weighted by molar-refractivity contribution is 0.0935. The molecule has 1 amide bonds. The highest BCUT2D eigenvalue weighted by molar-refractivity contribution is 5.92. The second-order valence-electron chi connectivity index (χ2n) is 4.01. The average molecular weight is 239 g/mol. The summed E-state index contributed by atoms with van der Waals surface area (Å²) in [5, 5.41) is 9.43. The highest BCUT2D eigenvalue weighted by Gasteiger charge is 2.07. The molecule has 0 unspecified atom stereocenters. The number of carbonyl (C=O) groups excluding carboxylic acids is 1. The van der Waals surface area contributed by atoms with Gasteiger partial charge in [0.05, 0.1) is 0 Å². The Morgan fingerprint density at radius 1 is 1.47 bits per heavy atom. The van der Waals surface area contributed by atoms with Crippen molar-refractivity contribution in [2.45, 2.75) is 33.1 Å². The molecule has 2 N–H and O–H groups in total. The summed E-state index contributed by atoms with van der Waals surface area (Å²) in [5.74, 6) is -0.136. The van der Waals surface area contributed by atoms with E-state index in [0.29, 0.717) is 18.8 Å². The molecule has 0 bridgehead atoms. The Kier molecular flexibility index (Phi) is 6.32. The predicted octanol–water partition coefficient (Wildman–Crippen LogP) is 1.65. The summed E-state index contributed by atoms with van der Waals surface area (Å²) in [6.45, 7) is 6.13. The molecule has 1 aromatic heterocycles. The van der Waals surface area contributed by atoms with Gasteiger partial charge < -0.3 is 10.1 Å². The standard InChI is InChI=1S/C12H21N3O2/c1-3-4-7-17-8-5-6-13-12(16)11-9-10(2)14-15-11/h9H,3-8H2,1-2H3,(H,13,16)(H,14,15). The number of aromatic nitrogens is 2. The van der Waals surface area contributed by atoms with Crippen molar-refractivity contribution in [2.75, 3.05) is 19.8 Å². The number of aromatic amines is 1. The van der Waals surface area contributed by atoms with Gasteiger partial charge in [-0.2, -0.15) is 5.10 Å². The zero-order chi connectivity index (χ0) is 12.5. The summed E-state index contributed by atoms with van der Waals surface area (Å²) in [4.78, 5) is 11.6. The Morgan fingerprint density at radius 2 is 2.24 bits per heavy atom. The molecule has 0 spiro atoms. The summed E-state index contributed by atoms with van der Waals surface area (Å²) in [7, 11) is 0. The van der Waals surface area contributed by atoms with Crippen molar-refractivity contribution in [1.82, 2.24) is 15.5 Å². The van der Waals surface area contributed by atoms with E-state index in [1.807, 2.05) is 6.92 Å². The Labute approximate surface area is 102 Å². The zero-order valence-corrected chi connectivity index (χ0v) is 10.6. The van der Waals surface area contributed by atoms with Crippen molar-refractivity contribution in [2.24, 2.45) is 0 Å². The van der Waals surface area contributed by atoms with Crippen LogP contribution < -0.4 is 5.32 Å². The molecular formula is C12H21N3O2. The van der Waals surface area contributed by atoms with E-state index in [0.717, 1.165) is 31.6 Å². The van der Waals surface area contributed by atoms with Crippen LogP contribution in [-0.4, -0.2) is 35.9 Å². The number of amides is 1. The van der Waals surface area contributed by atoms with Crippen LogP contribution in [0.5, 0.6) is 0 Å². The first kappa shape index (κ1) is 13.7. The van der Waals surface area contributed by atoms with Gasteiger partial charge in [-0.15, -0.1) is 0 Å². The molecule has 0 radical (unpaired) electrons. The number of unbranched alkanes of at least 4 members (excludes halogenated alkanes) is 1. The highest BCUT2D eigenvalue weighted by atomic mass is 16.5. The van der Waals surface area contributed by atoms with Gasteiger partial charge in [-0.05, 0) is 25.8 Å². The lowest BCUT2D eigenvalue weighted by Crippen LogP contribution is -2.25. The lowest BCUT2D eigenvalue weighted by Gasteiger charge is -2.04. The van der Waals surface area contributed by atoms with Gasteiger partial charge in [-0.25, -0.2) is 0 Å². The van der Waals surface area contributed by atoms with E-state index in [-0.39, 0.29) is 5.91 Å². The molecule has 1 heterocycles. The zero-order valence-electron chi connectivity index (χ0n) is 10.6. The predicted molar refractivity (Wildman–Crippen MR) is 66.0 cm³/mol. The molecule has 0 saturated heterocycles. The normalized spacial score (nSPS) is 10.5. The van der Waals surface area contributed by atoms with Crippen molar-refractivity contribution in [3.8, 4) is 0 Å². The van der Waals surface area contributed by atoms with E-state index in [1.54, 1.807) is 6.07 Å². The van der Waals surface area contributed by atoms with Crippen molar-refractivity contribution in [1.29, 1.82) is 0 Å². The second-order valence-corrected chi connectivity index (χ2v) is 4.01. The average Bonchev–Trinajstić information content (AvgIpc) is 2.74. The monoisotopic (exact) mass is 239 g/mol. The van der Waals surface area contributed by atoms with Gasteiger partial charge in [0.15, 0.2) is 0 Å². The molecule has 0 aliphatic carbocycles. The van der Waals surface area contributed by atoms with Crippen LogP contribution in [0.1, 0.15) is 42.4 Å². The Balaban J connectivity index is 2.05. The van der Waals surface area contributed by atoms with Gasteiger partial charge in [0.2, 0.25) is 0 Å². The summed E-state index contributed by atoms with van der Waals surface area (Å²) in [6.07, 6.45) is 3.08. The summed E-state index contributed by atoms with van der Waals surface area (Å²) in [6, 6.07) is 1.73. The number of rotatable bonds is 8. The minimum atomic E-state index is -0.136. The van der Waals surface area contributed by atoms with Crippen LogP contribution in [0.4, 0.5) is 0 Å². The molecule has 17 heavy (non-hydrogen) atoms. The van der Waals surface area contributed by atoms with Crippen LogP contribution in [0.3, 0.4) is 0 Å². The first-order valence-corrected chi connectivity index (χ1v) is 6.12. The van der Waals surface area contributed by atoms with Crippen LogP contribution in [-0.2, 0) is 4.74 Å². The maximum absolute atomic E-state index is 11.6. The third kappa shape index (κ3) is 5.49. The number of hydrogen-bond donors (Lipinski definition) is 2. The van der Waals surface area contributed by atoms with Crippen LogP contribution in [0.15, 0.2) is 6.07 Å². The Morgan fingerprint density at radius 3 is 2.88 bits per heavy atom. The first-order chi connectivity index (χ1) is 8.24. The fourth-order valence-corrected chi connectivity index (χ4v) is 1.35. The van der Waals surface area contributed by atoms with Crippen molar-refractivity contribution >= 4 is 5.91 Å². The van der Waals surface area contributed by atoms with E-state index < -0.39 is 0 Å². The fraction of sp³-hybridized carbons (Fsp3) is 0.667. The van der Waals surface area contributed by atoms with E-state index in [1.165, 1.54) is 0 Å². The van der Waals surface area contributed by atoms with Gasteiger partial charge in [0.25, 0.3) is 5.91 Å². The quantitative estimate of drug-likeness (QED) is 0.678. The summed E-state index contributed by atoms with van der Waals surface area (Å²) < 4.78 is 5.39. The van der Waals surface area contributed by atoms with Gasteiger partial charge in [-0.3, -0.25) is 9.89 Å². The molecule has 0 atom stereocenters. The van der Waals surface area contributed by atoms with Crippen LogP contribution in [0.2, 0.25) is 0 Å².